The number of rotatable bonds is 2. The number of hydrogen-bond acceptors (Lipinski definition) is 1. The summed E-state index contributed by atoms with van der Waals surface area (Å²) in [7, 11) is 0. The summed E-state index contributed by atoms with van der Waals surface area (Å²) in [5.41, 5.74) is -0.948. The fraction of sp³-hybridized carbons (Fsp3) is 0.222. The first-order valence-corrected chi connectivity index (χ1v) is 3.71. The number of carbonyl (C=O) groups excluding carboxylic acids is 1. The lowest BCUT2D eigenvalue weighted by atomic mass is 10.1. The Balaban J connectivity index is 3.28. The lowest BCUT2D eigenvalue weighted by molar-refractivity contribution is 0.0669. The zero-order valence-electron chi connectivity index (χ0n) is 7.15. The molecule has 1 aromatic rings. The third kappa shape index (κ3) is 1.92. The predicted octanol–water partition coefficient (Wildman–Crippen LogP) is 2.72. The fourth-order valence-corrected chi connectivity index (χ4v) is 1.04. The number of ketones is 1. The number of halogens is 4. The molecule has 0 unspecified atom stereocenters. The van der Waals surface area contributed by atoms with Gasteiger partial charge in [-0.05, 0) is 24.6 Å². The van der Waals surface area contributed by atoms with E-state index in [1.807, 2.05) is 0 Å². The van der Waals surface area contributed by atoms with E-state index in [9.17, 15) is 22.4 Å². The maximum Gasteiger partial charge on any atom is 0.300 e. The molecule has 1 aromatic carbocycles. The van der Waals surface area contributed by atoms with Crippen molar-refractivity contribution in [2.45, 2.75) is 13.3 Å². The summed E-state index contributed by atoms with van der Waals surface area (Å²) in [6, 6.07) is 1.66. The molecule has 76 valence electrons. The maximum atomic E-state index is 12.9. The van der Waals surface area contributed by atoms with Gasteiger partial charge in [0.1, 0.15) is 11.6 Å². The third-order valence-electron chi connectivity index (χ3n) is 1.63. The number of Topliss-reactive ketones (excluding diaryl/α,β-unsaturated/α-hetero) is 1. The van der Waals surface area contributed by atoms with Gasteiger partial charge in [-0.15, -0.1) is 0 Å². The average Bonchev–Trinajstić information content (AvgIpc) is 2.01. The molecule has 1 rings (SSSR count). The number of carbonyl (C=O) groups is 1. The first kappa shape index (κ1) is 10.7. The van der Waals surface area contributed by atoms with Crippen LogP contribution in [0.5, 0.6) is 0 Å². The Bertz CT molecular complexity index is 350. The van der Waals surface area contributed by atoms with Gasteiger partial charge < -0.3 is 0 Å². The molecule has 1 nitrogen and oxygen atoms in total. The molecule has 0 amide bonds. The maximum absolute atomic E-state index is 12.9. The van der Waals surface area contributed by atoms with Crippen molar-refractivity contribution in [3.63, 3.8) is 0 Å². The Morgan fingerprint density at radius 3 is 2.00 bits per heavy atom. The van der Waals surface area contributed by atoms with Crippen molar-refractivity contribution in [1.29, 1.82) is 0 Å². The summed E-state index contributed by atoms with van der Waals surface area (Å²) in [5, 5.41) is 0. The molecule has 0 aliphatic heterocycles. The van der Waals surface area contributed by atoms with Crippen molar-refractivity contribution in [2.75, 3.05) is 0 Å². The molecule has 0 spiro atoms. The molecule has 0 N–H and O–H groups in total. The third-order valence-corrected chi connectivity index (χ3v) is 1.63. The summed E-state index contributed by atoms with van der Waals surface area (Å²) < 4.78 is 49.6. The van der Waals surface area contributed by atoms with Gasteiger partial charge in [0.25, 0.3) is 0 Å². The van der Waals surface area contributed by atoms with Crippen LogP contribution in [0.25, 0.3) is 0 Å². The van der Waals surface area contributed by atoms with E-state index < -0.39 is 29.4 Å². The quantitative estimate of drug-likeness (QED) is 0.537. The van der Waals surface area contributed by atoms with Gasteiger partial charge in [-0.2, -0.15) is 0 Å². The lowest BCUT2D eigenvalue weighted by Gasteiger charge is -2.04. The number of hydrogen-bond donors (Lipinski definition) is 0. The Morgan fingerprint density at radius 1 is 1.21 bits per heavy atom. The van der Waals surface area contributed by atoms with Crippen molar-refractivity contribution in [2.24, 2.45) is 0 Å². The van der Waals surface area contributed by atoms with Crippen LogP contribution in [0.2, 0.25) is 0 Å². The monoisotopic (exact) mass is 206 g/mol. The molecule has 0 atom stereocenters. The van der Waals surface area contributed by atoms with Gasteiger partial charge in [0.15, 0.2) is 0 Å². The van der Waals surface area contributed by atoms with Crippen molar-refractivity contribution in [3.8, 4) is 0 Å². The predicted molar refractivity (Wildman–Crippen MR) is 41.4 cm³/mol. The van der Waals surface area contributed by atoms with Crippen LogP contribution in [0.4, 0.5) is 17.6 Å². The molecule has 0 aromatic heterocycles. The first-order chi connectivity index (χ1) is 6.43. The average molecular weight is 206 g/mol. The van der Waals surface area contributed by atoms with E-state index in [2.05, 4.69) is 0 Å². The highest BCUT2D eigenvalue weighted by molar-refractivity contribution is 5.98. The van der Waals surface area contributed by atoms with Crippen molar-refractivity contribution in [1.82, 2.24) is 0 Å². The van der Waals surface area contributed by atoms with E-state index in [0.29, 0.717) is 0 Å². The van der Waals surface area contributed by atoms with E-state index in [4.69, 9.17) is 0 Å². The highest BCUT2D eigenvalue weighted by atomic mass is 19.3. The van der Waals surface area contributed by atoms with Crippen LogP contribution in [-0.2, 0) is 0 Å². The normalized spacial score (nSPS) is 10.7. The van der Waals surface area contributed by atoms with E-state index in [1.165, 1.54) is 6.92 Å². The Hall–Kier alpha value is -1.39. The molecule has 5 heteroatoms. The van der Waals surface area contributed by atoms with Crippen LogP contribution in [0.1, 0.15) is 15.9 Å². The van der Waals surface area contributed by atoms with Gasteiger partial charge in [-0.25, -0.2) is 17.6 Å². The van der Waals surface area contributed by atoms with Crippen molar-refractivity contribution >= 4 is 5.78 Å². The Kier molecular flexibility index (Phi) is 2.88. The largest absolute Gasteiger partial charge is 0.300 e. The molecule has 0 saturated heterocycles. The standard InChI is InChI=1S/C9H6F4O/c1-4-2-5(10)7(6(11)3-4)8(14)9(12)13/h2-3,9H,1H3. The number of alkyl halides is 2. The van der Waals surface area contributed by atoms with Gasteiger partial charge in [0.2, 0.25) is 5.78 Å². The topological polar surface area (TPSA) is 17.1 Å². The minimum atomic E-state index is -3.40. The second-order valence-corrected chi connectivity index (χ2v) is 2.77. The van der Waals surface area contributed by atoms with Crippen LogP contribution in [-0.4, -0.2) is 12.2 Å². The molecule has 0 aliphatic rings. The molecule has 0 heterocycles. The Labute approximate surface area is 77.3 Å². The van der Waals surface area contributed by atoms with Crippen LogP contribution >= 0.6 is 0 Å². The Morgan fingerprint density at radius 2 is 1.64 bits per heavy atom. The molecular weight excluding hydrogens is 200 g/mol. The van der Waals surface area contributed by atoms with Crippen LogP contribution in [0, 0.1) is 18.6 Å². The summed E-state index contributed by atoms with van der Waals surface area (Å²) in [6.07, 6.45) is -3.40. The smallest absolute Gasteiger partial charge is 0.287 e. The van der Waals surface area contributed by atoms with Crippen molar-refractivity contribution < 1.29 is 22.4 Å². The van der Waals surface area contributed by atoms with E-state index in [1.54, 1.807) is 0 Å². The highest BCUT2D eigenvalue weighted by Gasteiger charge is 2.25. The van der Waals surface area contributed by atoms with Gasteiger partial charge in [0.05, 0.1) is 5.56 Å². The van der Waals surface area contributed by atoms with Crippen molar-refractivity contribution in [3.05, 3.63) is 34.9 Å². The highest BCUT2D eigenvalue weighted by Crippen LogP contribution is 2.18. The minimum absolute atomic E-state index is 0.228. The molecule has 14 heavy (non-hydrogen) atoms. The second-order valence-electron chi connectivity index (χ2n) is 2.77. The van der Waals surface area contributed by atoms with Crippen LogP contribution in [0.15, 0.2) is 12.1 Å². The second kappa shape index (κ2) is 3.77. The van der Waals surface area contributed by atoms with E-state index >= 15 is 0 Å². The molecule has 0 aliphatic carbocycles. The molecule has 0 fully saturated rings. The minimum Gasteiger partial charge on any atom is -0.287 e. The van der Waals surface area contributed by atoms with Gasteiger partial charge in [0, 0.05) is 0 Å². The first-order valence-electron chi connectivity index (χ1n) is 3.71. The molecule has 0 bridgehead atoms. The summed E-state index contributed by atoms with van der Waals surface area (Å²) in [4.78, 5) is 10.7. The van der Waals surface area contributed by atoms with E-state index in [0.717, 1.165) is 12.1 Å². The summed E-state index contributed by atoms with van der Waals surface area (Å²) in [5.74, 6) is -4.35. The molecule has 0 saturated carbocycles. The zero-order valence-corrected chi connectivity index (χ0v) is 7.15. The molecular formula is C9H6F4O. The SMILES string of the molecule is Cc1cc(F)c(C(=O)C(F)F)c(F)c1. The number of aryl methyl sites for hydroxylation is 1. The molecule has 0 radical (unpaired) electrons. The summed E-state index contributed by atoms with van der Waals surface area (Å²) in [6.45, 7) is 1.39. The zero-order chi connectivity index (χ0) is 10.9. The van der Waals surface area contributed by atoms with E-state index in [-0.39, 0.29) is 5.56 Å². The van der Waals surface area contributed by atoms with Crippen LogP contribution < -0.4 is 0 Å². The van der Waals surface area contributed by atoms with Gasteiger partial charge in [-0.3, -0.25) is 4.79 Å². The van der Waals surface area contributed by atoms with Gasteiger partial charge >= 0.3 is 6.43 Å². The fourth-order valence-electron chi connectivity index (χ4n) is 1.04. The van der Waals surface area contributed by atoms with Crippen LogP contribution in [0.3, 0.4) is 0 Å². The number of benzene rings is 1. The van der Waals surface area contributed by atoms with Gasteiger partial charge in [-0.1, -0.05) is 0 Å². The lowest BCUT2D eigenvalue weighted by Crippen LogP contribution is -2.14. The summed E-state index contributed by atoms with van der Waals surface area (Å²) >= 11 is 0.